The SMILES string of the molecule is CC(=O)N[C@H](C(=O)N1CCN(Cc2ccccc2C)CC1)C(C)C. The molecule has 0 aromatic heterocycles. The zero-order valence-corrected chi connectivity index (χ0v) is 15.2. The fraction of sp³-hybridized carbons (Fsp3) is 0.579. The van der Waals surface area contributed by atoms with Crippen LogP contribution < -0.4 is 5.32 Å². The summed E-state index contributed by atoms with van der Waals surface area (Å²) in [6.07, 6.45) is 0. The minimum absolute atomic E-state index is 0.0377. The van der Waals surface area contributed by atoms with E-state index in [1.807, 2.05) is 18.7 Å². The van der Waals surface area contributed by atoms with E-state index in [0.717, 1.165) is 19.6 Å². The quantitative estimate of drug-likeness (QED) is 0.895. The van der Waals surface area contributed by atoms with Crippen LogP contribution in [-0.4, -0.2) is 53.8 Å². The molecular weight excluding hydrogens is 302 g/mol. The van der Waals surface area contributed by atoms with Gasteiger partial charge in [0.15, 0.2) is 0 Å². The van der Waals surface area contributed by atoms with Crippen molar-refractivity contribution < 1.29 is 9.59 Å². The molecule has 1 saturated heterocycles. The molecule has 1 N–H and O–H groups in total. The van der Waals surface area contributed by atoms with E-state index in [-0.39, 0.29) is 17.7 Å². The molecule has 0 saturated carbocycles. The van der Waals surface area contributed by atoms with Gasteiger partial charge in [0.05, 0.1) is 0 Å². The molecule has 24 heavy (non-hydrogen) atoms. The third-order valence-electron chi connectivity index (χ3n) is 4.63. The van der Waals surface area contributed by atoms with Crippen molar-refractivity contribution in [2.45, 2.75) is 40.3 Å². The smallest absolute Gasteiger partial charge is 0.245 e. The zero-order chi connectivity index (χ0) is 17.7. The molecule has 5 heteroatoms. The Bertz CT molecular complexity index is 578. The summed E-state index contributed by atoms with van der Waals surface area (Å²) < 4.78 is 0. The number of carbonyl (C=O) groups is 2. The Kier molecular flexibility index (Phi) is 6.37. The van der Waals surface area contributed by atoms with E-state index < -0.39 is 6.04 Å². The minimum atomic E-state index is -0.426. The number of amides is 2. The number of benzene rings is 1. The van der Waals surface area contributed by atoms with Gasteiger partial charge in [-0.15, -0.1) is 0 Å². The molecule has 0 radical (unpaired) electrons. The highest BCUT2D eigenvalue weighted by atomic mass is 16.2. The lowest BCUT2D eigenvalue weighted by atomic mass is 10.0. The van der Waals surface area contributed by atoms with Crippen LogP contribution in [0.25, 0.3) is 0 Å². The second-order valence-electron chi connectivity index (χ2n) is 6.95. The Labute approximate surface area is 145 Å². The summed E-state index contributed by atoms with van der Waals surface area (Å²) >= 11 is 0. The van der Waals surface area contributed by atoms with Gasteiger partial charge in [-0.25, -0.2) is 0 Å². The molecule has 0 aliphatic carbocycles. The molecule has 2 rings (SSSR count). The maximum absolute atomic E-state index is 12.7. The summed E-state index contributed by atoms with van der Waals surface area (Å²) in [4.78, 5) is 28.3. The summed E-state index contributed by atoms with van der Waals surface area (Å²) in [5.41, 5.74) is 2.65. The summed E-state index contributed by atoms with van der Waals surface area (Å²) in [6.45, 7) is 11.6. The molecular formula is C19H29N3O2. The number of hydrogen-bond donors (Lipinski definition) is 1. The van der Waals surface area contributed by atoms with Gasteiger partial charge in [0.25, 0.3) is 0 Å². The average Bonchev–Trinajstić information content (AvgIpc) is 2.54. The summed E-state index contributed by atoms with van der Waals surface area (Å²) in [7, 11) is 0. The number of nitrogens with zero attached hydrogens (tertiary/aromatic N) is 2. The number of carbonyl (C=O) groups excluding carboxylic acids is 2. The third-order valence-corrected chi connectivity index (χ3v) is 4.63. The van der Waals surface area contributed by atoms with Crippen LogP contribution in [-0.2, 0) is 16.1 Å². The Morgan fingerprint density at radius 1 is 1.12 bits per heavy atom. The normalized spacial score (nSPS) is 17.0. The van der Waals surface area contributed by atoms with Crippen molar-refractivity contribution in [1.82, 2.24) is 15.1 Å². The average molecular weight is 331 g/mol. The van der Waals surface area contributed by atoms with Crippen LogP contribution in [0.3, 0.4) is 0 Å². The van der Waals surface area contributed by atoms with Gasteiger partial charge in [-0.3, -0.25) is 14.5 Å². The Hall–Kier alpha value is -1.88. The van der Waals surface area contributed by atoms with E-state index in [9.17, 15) is 9.59 Å². The molecule has 1 aromatic carbocycles. The standard InChI is InChI=1S/C19H29N3O2/c1-14(2)18(20-16(4)23)19(24)22-11-9-21(10-12-22)13-17-8-6-5-7-15(17)3/h5-8,14,18H,9-13H2,1-4H3,(H,20,23)/t18-/m0/s1. The second kappa shape index (κ2) is 8.29. The number of aryl methyl sites for hydroxylation is 1. The first-order valence-electron chi connectivity index (χ1n) is 8.71. The van der Waals surface area contributed by atoms with Gasteiger partial charge in [0.2, 0.25) is 11.8 Å². The monoisotopic (exact) mass is 331 g/mol. The van der Waals surface area contributed by atoms with Crippen LogP contribution in [0.2, 0.25) is 0 Å². The molecule has 5 nitrogen and oxygen atoms in total. The van der Waals surface area contributed by atoms with Crippen molar-refractivity contribution in [2.75, 3.05) is 26.2 Å². The van der Waals surface area contributed by atoms with Gasteiger partial charge in [-0.05, 0) is 24.0 Å². The first kappa shape index (κ1) is 18.5. The number of nitrogens with one attached hydrogen (secondary N) is 1. The van der Waals surface area contributed by atoms with Crippen molar-refractivity contribution in [1.29, 1.82) is 0 Å². The van der Waals surface area contributed by atoms with E-state index in [4.69, 9.17) is 0 Å². The Balaban J connectivity index is 1.90. The molecule has 1 aliphatic rings. The van der Waals surface area contributed by atoms with Crippen molar-refractivity contribution in [3.63, 3.8) is 0 Å². The highest BCUT2D eigenvalue weighted by molar-refractivity contribution is 5.87. The maximum Gasteiger partial charge on any atom is 0.245 e. The predicted molar refractivity (Wildman–Crippen MR) is 95.5 cm³/mol. The largest absolute Gasteiger partial charge is 0.344 e. The van der Waals surface area contributed by atoms with Crippen LogP contribution in [0.1, 0.15) is 31.9 Å². The lowest BCUT2D eigenvalue weighted by Crippen LogP contribution is -2.56. The molecule has 1 atom stereocenters. The van der Waals surface area contributed by atoms with Crippen LogP contribution in [0.15, 0.2) is 24.3 Å². The fourth-order valence-corrected chi connectivity index (χ4v) is 3.08. The molecule has 0 spiro atoms. The predicted octanol–water partition coefficient (Wildman–Crippen LogP) is 1.80. The van der Waals surface area contributed by atoms with Gasteiger partial charge in [-0.1, -0.05) is 38.1 Å². The topological polar surface area (TPSA) is 52.7 Å². The second-order valence-corrected chi connectivity index (χ2v) is 6.95. The van der Waals surface area contributed by atoms with Crippen molar-refractivity contribution in [3.05, 3.63) is 35.4 Å². The highest BCUT2D eigenvalue weighted by Gasteiger charge is 2.30. The van der Waals surface area contributed by atoms with E-state index >= 15 is 0 Å². The maximum atomic E-state index is 12.7. The summed E-state index contributed by atoms with van der Waals surface area (Å²) in [6, 6.07) is 8.01. The fourth-order valence-electron chi connectivity index (χ4n) is 3.08. The van der Waals surface area contributed by atoms with E-state index in [0.29, 0.717) is 13.1 Å². The molecule has 0 bridgehead atoms. The van der Waals surface area contributed by atoms with Gasteiger partial charge in [-0.2, -0.15) is 0 Å². The van der Waals surface area contributed by atoms with E-state index in [2.05, 4.69) is 41.4 Å². The number of hydrogen-bond acceptors (Lipinski definition) is 3. The first-order valence-corrected chi connectivity index (χ1v) is 8.71. The van der Waals surface area contributed by atoms with Gasteiger partial charge in [0.1, 0.15) is 6.04 Å². The van der Waals surface area contributed by atoms with Crippen LogP contribution in [0.5, 0.6) is 0 Å². The lowest BCUT2D eigenvalue weighted by molar-refractivity contribution is -0.138. The Morgan fingerprint density at radius 3 is 2.29 bits per heavy atom. The van der Waals surface area contributed by atoms with Crippen LogP contribution in [0.4, 0.5) is 0 Å². The van der Waals surface area contributed by atoms with Gasteiger partial charge >= 0.3 is 0 Å². The lowest BCUT2D eigenvalue weighted by Gasteiger charge is -2.37. The minimum Gasteiger partial charge on any atom is -0.344 e. The van der Waals surface area contributed by atoms with Gasteiger partial charge < -0.3 is 10.2 Å². The van der Waals surface area contributed by atoms with Gasteiger partial charge in [0, 0.05) is 39.6 Å². The van der Waals surface area contributed by atoms with Crippen molar-refractivity contribution in [2.24, 2.45) is 5.92 Å². The van der Waals surface area contributed by atoms with E-state index in [1.165, 1.54) is 18.1 Å². The summed E-state index contributed by atoms with van der Waals surface area (Å²) in [5, 5.41) is 2.79. The molecule has 1 heterocycles. The molecule has 132 valence electrons. The Morgan fingerprint density at radius 2 is 1.75 bits per heavy atom. The van der Waals surface area contributed by atoms with E-state index in [1.54, 1.807) is 0 Å². The molecule has 1 fully saturated rings. The zero-order valence-electron chi connectivity index (χ0n) is 15.2. The molecule has 0 unspecified atom stereocenters. The molecule has 1 aromatic rings. The van der Waals surface area contributed by atoms with Crippen molar-refractivity contribution in [3.8, 4) is 0 Å². The summed E-state index contributed by atoms with van der Waals surface area (Å²) in [5.74, 6) is -0.0256. The molecule has 1 aliphatic heterocycles. The van der Waals surface area contributed by atoms with Crippen LogP contribution in [0, 0.1) is 12.8 Å². The molecule has 2 amide bonds. The highest BCUT2D eigenvalue weighted by Crippen LogP contribution is 2.14. The number of rotatable bonds is 5. The first-order chi connectivity index (χ1) is 11.4. The van der Waals surface area contributed by atoms with Crippen molar-refractivity contribution >= 4 is 11.8 Å². The third kappa shape index (κ3) is 4.81. The van der Waals surface area contributed by atoms with Crippen LogP contribution >= 0.6 is 0 Å². The number of piperazine rings is 1.